The van der Waals surface area contributed by atoms with Gasteiger partial charge in [0.2, 0.25) is 0 Å². The van der Waals surface area contributed by atoms with Gasteiger partial charge in [-0.1, -0.05) is 5.10 Å². The second-order valence-corrected chi connectivity index (χ2v) is 4.93. The third-order valence-corrected chi connectivity index (χ3v) is 3.24. The van der Waals surface area contributed by atoms with Gasteiger partial charge in [-0.15, -0.1) is 5.10 Å². The van der Waals surface area contributed by atoms with Gasteiger partial charge in [0.05, 0.1) is 19.9 Å². The Hall–Kier alpha value is -3.56. The third-order valence-electron chi connectivity index (χ3n) is 3.24. The second kappa shape index (κ2) is 6.91. The third kappa shape index (κ3) is 3.68. The normalized spacial score (nSPS) is 10.4. The highest BCUT2D eigenvalue weighted by Crippen LogP contribution is 2.29. The summed E-state index contributed by atoms with van der Waals surface area (Å²) in [7, 11) is 4.81. The van der Waals surface area contributed by atoms with E-state index in [0.717, 1.165) is 0 Å². The smallest absolute Gasteiger partial charge is 0.327 e. The fourth-order valence-corrected chi connectivity index (χ4v) is 2.06. The van der Waals surface area contributed by atoms with Crippen LogP contribution in [0.25, 0.3) is 11.6 Å². The molecule has 0 spiro atoms. The van der Waals surface area contributed by atoms with Crippen molar-refractivity contribution >= 4 is 17.7 Å². The van der Waals surface area contributed by atoms with Gasteiger partial charge in [-0.2, -0.15) is 5.10 Å². The molecular formula is C15H16N6O4. The molecule has 10 heteroatoms. The molecule has 2 heterocycles. The number of nitrogens with one attached hydrogen (secondary N) is 2. The van der Waals surface area contributed by atoms with Gasteiger partial charge in [-0.25, -0.2) is 4.79 Å². The van der Waals surface area contributed by atoms with E-state index in [0.29, 0.717) is 22.9 Å². The van der Waals surface area contributed by atoms with E-state index in [2.05, 4.69) is 25.9 Å². The largest absolute Gasteiger partial charge is 0.497 e. The van der Waals surface area contributed by atoms with Crippen molar-refractivity contribution in [3.63, 3.8) is 0 Å². The van der Waals surface area contributed by atoms with E-state index < -0.39 is 6.03 Å². The maximum absolute atomic E-state index is 12.1. The number of ether oxygens (including phenoxy) is 2. The number of carbonyl (C=O) groups excluding carboxylic acids is 1. The van der Waals surface area contributed by atoms with Gasteiger partial charge >= 0.3 is 12.0 Å². The summed E-state index contributed by atoms with van der Waals surface area (Å²) in [5, 5.41) is 16.8. The molecule has 0 aliphatic heterocycles. The first-order valence-electron chi connectivity index (χ1n) is 7.22. The molecule has 3 rings (SSSR count). The number of hydrogen-bond acceptors (Lipinski definition) is 7. The number of anilines is 2. The van der Waals surface area contributed by atoms with Crippen molar-refractivity contribution in [3.05, 3.63) is 30.5 Å². The molecule has 0 saturated carbocycles. The zero-order chi connectivity index (χ0) is 17.8. The van der Waals surface area contributed by atoms with Crippen molar-refractivity contribution in [1.82, 2.24) is 20.0 Å². The van der Waals surface area contributed by atoms with E-state index in [1.165, 1.54) is 7.11 Å². The fraction of sp³-hybridized carbons (Fsp3) is 0.200. The number of rotatable bonds is 5. The lowest BCUT2D eigenvalue weighted by Gasteiger charge is -2.11. The highest BCUT2D eigenvalue weighted by Gasteiger charge is 2.14. The number of methoxy groups -OCH3 is 2. The first kappa shape index (κ1) is 16.3. The van der Waals surface area contributed by atoms with Crippen molar-refractivity contribution in [1.29, 1.82) is 0 Å². The number of hydrogen-bond donors (Lipinski definition) is 2. The Kier molecular flexibility index (Phi) is 4.50. The van der Waals surface area contributed by atoms with Crippen molar-refractivity contribution in [2.24, 2.45) is 7.05 Å². The van der Waals surface area contributed by atoms with Crippen LogP contribution in [0.2, 0.25) is 0 Å². The summed E-state index contributed by atoms with van der Waals surface area (Å²) in [6.45, 7) is 0. The molecule has 0 bridgehead atoms. The Morgan fingerprint density at radius 1 is 1.16 bits per heavy atom. The zero-order valence-electron chi connectivity index (χ0n) is 13.8. The van der Waals surface area contributed by atoms with Gasteiger partial charge in [0.15, 0.2) is 0 Å². The number of amides is 2. The molecule has 0 unspecified atom stereocenters. The monoisotopic (exact) mass is 344 g/mol. The van der Waals surface area contributed by atoms with Gasteiger partial charge in [-0.05, 0) is 18.2 Å². The van der Waals surface area contributed by atoms with Crippen LogP contribution in [-0.2, 0) is 7.05 Å². The van der Waals surface area contributed by atoms with Gasteiger partial charge < -0.3 is 19.2 Å². The van der Waals surface area contributed by atoms with Crippen molar-refractivity contribution in [2.45, 2.75) is 0 Å². The zero-order valence-corrected chi connectivity index (χ0v) is 13.8. The van der Waals surface area contributed by atoms with Crippen LogP contribution >= 0.6 is 0 Å². The lowest BCUT2D eigenvalue weighted by Crippen LogP contribution is -2.20. The molecule has 1 aromatic carbocycles. The first-order chi connectivity index (χ1) is 12.1. The van der Waals surface area contributed by atoms with Gasteiger partial charge in [-0.3, -0.25) is 10.00 Å². The van der Waals surface area contributed by atoms with E-state index in [1.54, 1.807) is 49.3 Å². The van der Waals surface area contributed by atoms with Gasteiger partial charge in [0.1, 0.15) is 17.2 Å². The quantitative estimate of drug-likeness (QED) is 0.728. The average Bonchev–Trinajstić information content (AvgIpc) is 3.24. The van der Waals surface area contributed by atoms with E-state index in [1.807, 2.05) is 0 Å². The molecule has 3 aromatic rings. The van der Waals surface area contributed by atoms with Crippen LogP contribution in [0.15, 0.2) is 34.9 Å². The summed E-state index contributed by atoms with van der Waals surface area (Å²) in [6, 6.07) is 6.13. The van der Waals surface area contributed by atoms with Crippen LogP contribution in [-0.4, -0.2) is 40.2 Å². The standard InChI is InChI=1S/C15H16N6O4/c1-21-7-6-11(20-21)13-18-19-15(25-13)17-14(22)16-10-5-4-9(23-2)8-12(10)24-3/h4-8H,1-3H3,(H2,16,17,19,22). The second-order valence-electron chi connectivity index (χ2n) is 4.93. The predicted molar refractivity (Wildman–Crippen MR) is 88.7 cm³/mol. The number of aromatic nitrogens is 4. The molecule has 0 radical (unpaired) electrons. The molecular weight excluding hydrogens is 328 g/mol. The minimum atomic E-state index is -0.556. The van der Waals surface area contributed by atoms with Crippen LogP contribution in [0.5, 0.6) is 11.5 Å². The van der Waals surface area contributed by atoms with Crippen LogP contribution in [0.1, 0.15) is 0 Å². The molecule has 0 aliphatic carbocycles. The molecule has 10 nitrogen and oxygen atoms in total. The van der Waals surface area contributed by atoms with Crippen molar-refractivity contribution < 1.29 is 18.7 Å². The number of carbonyl (C=O) groups is 1. The Labute approximate surface area is 142 Å². The minimum absolute atomic E-state index is 0.0503. The highest BCUT2D eigenvalue weighted by molar-refractivity contribution is 5.99. The van der Waals surface area contributed by atoms with Crippen LogP contribution < -0.4 is 20.1 Å². The van der Waals surface area contributed by atoms with Crippen LogP contribution in [0, 0.1) is 0 Å². The summed E-state index contributed by atoms with van der Waals surface area (Å²) in [4.78, 5) is 12.1. The number of benzene rings is 1. The van der Waals surface area contributed by atoms with Crippen molar-refractivity contribution in [3.8, 4) is 23.1 Å². The number of urea groups is 1. The molecule has 0 atom stereocenters. The molecule has 2 N–H and O–H groups in total. The van der Waals surface area contributed by atoms with Gasteiger partial charge in [0.25, 0.3) is 5.89 Å². The average molecular weight is 344 g/mol. The summed E-state index contributed by atoms with van der Waals surface area (Å²) < 4.78 is 17.3. The van der Waals surface area contributed by atoms with E-state index in [9.17, 15) is 4.79 Å². The molecule has 0 fully saturated rings. The summed E-state index contributed by atoms with van der Waals surface area (Å²) in [5.41, 5.74) is 0.977. The summed E-state index contributed by atoms with van der Waals surface area (Å²) >= 11 is 0. The Bertz CT molecular complexity index is 888. The summed E-state index contributed by atoms with van der Waals surface area (Å²) in [6.07, 6.45) is 1.75. The van der Waals surface area contributed by atoms with Crippen molar-refractivity contribution in [2.75, 3.05) is 24.9 Å². The highest BCUT2D eigenvalue weighted by atomic mass is 16.5. The minimum Gasteiger partial charge on any atom is -0.497 e. The molecule has 0 saturated heterocycles. The van der Waals surface area contributed by atoms with Gasteiger partial charge in [0, 0.05) is 19.3 Å². The Morgan fingerprint density at radius 2 is 2.00 bits per heavy atom. The Balaban J connectivity index is 1.68. The van der Waals surface area contributed by atoms with Crippen LogP contribution in [0.3, 0.4) is 0 Å². The van der Waals surface area contributed by atoms with E-state index in [-0.39, 0.29) is 11.9 Å². The summed E-state index contributed by atoms with van der Waals surface area (Å²) in [5.74, 6) is 1.27. The lowest BCUT2D eigenvalue weighted by molar-refractivity contribution is 0.261. The topological polar surface area (TPSA) is 116 Å². The Morgan fingerprint density at radius 3 is 2.68 bits per heavy atom. The number of nitrogens with zero attached hydrogens (tertiary/aromatic N) is 4. The molecule has 0 aliphatic rings. The molecule has 2 amide bonds. The predicted octanol–water partition coefficient (Wildman–Crippen LogP) is 2.13. The first-order valence-corrected chi connectivity index (χ1v) is 7.22. The maximum atomic E-state index is 12.1. The molecule has 25 heavy (non-hydrogen) atoms. The molecule has 2 aromatic heterocycles. The van der Waals surface area contributed by atoms with Crippen LogP contribution in [0.4, 0.5) is 16.5 Å². The van der Waals surface area contributed by atoms with E-state index >= 15 is 0 Å². The number of aryl methyl sites for hydroxylation is 1. The molecule has 130 valence electrons. The maximum Gasteiger partial charge on any atom is 0.327 e. The van der Waals surface area contributed by atoms with E-state index in [4.69, 9.17) is 13.9 Å². The fourth-order valence-electron chi connectivity index (χ4n) is 2.06. The SMILES string of the molecule is COc1ccc(NC(=O)Nc2nnc(-c3ccn(C)n3)o2)c(OC)c1. The lowest BCUT2D eigenvalue weighted by atomic mass is 10.2.